The molecule has 0 nitrogen and oxygen atoms in total. The van der Waals surface area contributed by atoms with Crippen molar-refractivity contribution in [1.29, 1.82) is 0 Å². The third kappa shape index (κ3) is 20.8. The Morgan fingerprint density at radius 1 is 0.316 bits per heavy atom. The highest BCUT2D eigenvalue weighted by Gasteiger charge is 1.93. The van der Waals surface area contributed by atoms with Crippen molar-refractivity contribution in [1.82, 2.24) is 0 Å². The SMILES string of the molecule is CCCCCCCCCCCCCCCCCC.Cl. The molecule has 0 spiro atoms. The molecule has 19 heavy (non-hydrogen) atoms. The van der Waals surface area contributed by atoms with E-state index in [0.717, 1.165) is 0 Å². The van der Waals surface area contributed by atoms with E-state index in [1.807, 2.05) is 0 Å². The molecule has 0 radical (unpaired) electrons. The molecule has 1 heteroatoms. The highest BCUT2D eigenvalue weighted by atomic mass is 35.5. The topological polar surface area (TPSA) is 0 Å². The van der Waals surface area contributed by atoms with Crippen LogP contribution in [-0.2, 0) is 0 Å². The summed E-state index contributed by atoms with van der Waals surface area (Å²) in [6.45, 7) is 4.59. The van der Waals surface area contributed by atoms with Crippen LogP contribution in [0.3, 0.4) is 0 Å². The first-order valence-corrected chi connectivity index (χ1v) is 8.91. The molecule has 0 bridgehead atoms. The van der Waals surface area contributed by atoms with E-state index in [1.54, 1.807) is 0 Å². The Morgan fingerprint density at radius 3 is 0.632 bits per heavy atom. The standard InChI is InChI=1S/C18H38.ClH/c1-3-5-7-9-11-13-15-17-18-16-14-12-10-8-6-4-2;/h3-18H2,1-2H3;1H. The van der Waals surface area contributed by atoms with Crippen LogP contribution in [0.1, 0.15) is 117 Å². The molecule has 0 saturated carbocycles. The summed E-state index contributed by atoms with van der Waals surface area (Å²) >= 11 is 0. The molecular weight excluding hydrogens is 252 g/mol. The van der Waals surface area contributed by atoms with Crippen LogP contribution in [0.4, 0.5) is 0 Å². The van der Waals surface area contributed by atoms with Crippen molar-refractivity contribution in [3.05, 3.63) is 0 Å². The zero-order valence-electron chi connectivity index (χ0n) is 13.7. The highest BCUT2D eigenvalue weighted by Crippen LogP contribution is 2.13. The number of unbranched alkanes of at least 4 members (excludes halogenated alkanes) is 15. The molecule has 0 atom stereocenters. The van der Waals surface area contributed by atoms with E-state index in [4.69, 9.17) is 0 Å². The lowest BCUT2D eigenvalue weighted by Crippen LogP contribution is -1.83. The van der Waals surface area contributed by atoms with E-state index in [1.165, 1.54) is 103 Å². The van der Waals surface area contributed by atoms with Crippen LogP contribution in [0.5, 0.6) is 0 Å². The van der Waals surface area contributed by atoms with Gasteiger partial charge in [-0.05, 0) is 0 Å². The van der Waals surface area contributed by atoms with Gasteiger partial charge in [0.25, 0.3) is 0 Å². The summed E-state index contributed by atoms with van der Waals surface area (Å²) in [5.74, 6) is 0. The van der Waals surface area contributed by atoms with Gasteiger partial charge in [-0.15, -0.1) is 12.4 Å². The van der Waals surface area contributed by atoms with Gasteiger partial charge in [0.15, 0.2) is 0 Å². The Morgan fingerprint density at radius 2 is 0.474 bits per heavy atom. The van der Waals surface area contributed by atoms with E-state index >= 15 is 0 Å². The molecule has 0 aliphatic heterocycles. The van der Waals surface area contributed by atoms with Crippen LogP contribution < -0.4 is 0 Å². The summed E-state index contributed by atoms with van der Waals surface area (Å²) in [4.78, 5) is 0. The van der Waals surface area contributed by atoms with Crippen molar-refractivity contribution in [2.75, 3.05) is 0 Å². The second-order valence-electron chi connectivity index (χ2n) is 5.95. The Balaban J connectivity index is 0. The molecule has 0 aromatic heterocycles. The molecule has 0 aliphatic rings. The fraction of sp³-hybridized carbons (Fsp3) is 1.00. The van der Waals surface area contributed by atoms with Gasteiger partial charge in [-0.1, -0.05) is 117 Å². The van der Waals surface area contributed by atoms with Crippen molar-refractivity contribution in [2.45, 2.75) is 117 Å². The van der Waals surface area contributed by atoms with Crippen molar-refractivity contribution < 1.29 is 0 Å². The lowest BCUT2D eigenvalue weighted by molar-refractivity contribution is 0.531. The van der Waals surface area contributed by atoms with Gasteiger partial charge < -0.3 is 0 Å². The lowest BCUT2D eigenvalue weighted by Gasteiger charge is -2.03. The summed E-state index contributed by atoms with van der Waals surface area (Å²) in [6.07, 6.45) is 23.4. The zero-order chi connectivity index (χ0) is 13.3. The molecule has 0 rings (SSSR count). The van der Waals surface area contributed by atoms with Crippen molar-refractivity contribution in [3.8, 4) is 0 Å². The van der Waals surface area contributed by atoms with E-state index in [9.17, 15) is 0 Å². The largest absolute Gasteiger partial charge is 0.147 e. The van der Waals surface area contributed by atoms with Crippen molar-refractivity contribution in [3.63, 3.8) is 0 Å². The quantitative estimate of drug-likeness (QED) is 0.271. The summed E-state index contributed by atoms with van der Waals surface area (Å²) in [6, 6.07) is 0. The van der Waals surface area contributed by atoms with E-state index in [-0.39, 0.29) is 12.4 Å². The van der Waals surface area contributed by atoms with Gasteiger partial charge >= 0.3 is 0 Å². The molecule has 118 valence electrons. The van der Waals surface area contributed by atoms with Crippen LogP contribution in [-0.4, -0.2) is 0 Å². The summed E-state index contributed by atoms with van der Waals surface area (Å²) < 4.78 is 0. The van der Waals surface area contributed by atoms with Crippen molar-refractivity contribution >= 4 is 12.4 Å². The summed E-state index contributed by atoms with van der Waals surface area (Å²) in [7, 11) is 0. The first-order valence-electron chi connectivity index (χ1n) is 8.91. The molecule has 0 saturated heterocycles. The molecule has 0 heterocycles. The molecule has 0 aromatic rings. The molecule has 0 fully saturated rings. The Kier molecular flexibility index (Phi) is 23.4. The number of rotatable bonds is 15. The first kappa shape index (κ1) is 21.6. The maximum absolute atomic E-state index is 2.29. The molecule has 0 N–H and O–H groups in total. The minimum atomic E-state index is 0. The van der Waals surface area contributed by atoms with Crippen LogP contribution in [0.2, 0.25) is 0 Å². The third-order valence-corrected chi connectivity index (χ3v) is 3.96. The predicted molar refractivity (Wildman–Crippen MR) is 92.5 cm³/mol. The number of hydrogen-bond donors (Lipinski definition) is 0. The zero-order valence-corrected chi connectivity index (χ0v) is 14.5. The van der Waals surface area contributed by atoms with E-state index in [2.05, 4.69) is 13.8 Å². The number of halogens is 1. The maximum atomic E-state index is 2.29. The predicted octanol–water partition coefficient (Wildman–Crippen LogP) is 7.69. The molecule has 0 aromatic carbocycles. The summed E-state index contributed by atoms with van der Waals surface area (Å²) in [5.41, 5.74) is 0. The first-order chi connectivity index (χ1) is 8.91. The van der Waals surface area contributed by atoms with E-state index in [0.29, 0.717) is 0 Å². The molecule has 0 aliphatic carbocycles. The van der Waals surface area contributed by atoms with Gasteiger partial charge in [0, 0.05) is 0 Å². The van der Waals surface area contributed by atoms with Crippen LogP contribution in [0.15, 0.2) is 0 Å². The van der Waals surface area contributed by atoms with Crippen LogP contribution in [0.25, 0.3) is 0 Å². The smallest absolute Gasteiger partial charge is 0.0533 e. The van der Waals surface area contributed by atoms with Gasteiger partial charge in [-0.3, -0.25) is 0 Å². The molecule has 0 unspecified atom stereocenters. The molecule has 0 amide bonds. The van der Waals surface area contributed by atoms with Crippen molar-refractivity contribution in [2.24, 2.45) is 0 Å². The van der Waals surface area contributed by atoms with Gasteiger partial charge in [0.05, 0.1) is 0 Å². The van der Waals surface area contributed by atoms with Gasteiger partial charge in [-0.2, -0.15) is 0 Å². The Bertz CT molecular complexity index is 118. The normalized spacial score (nSPS) is 10.4. The fourth-order valence-electron chi connectivity index (χ4n) is 2.62. The van der Waals surface area contributed by atoms with E-state index < -0.39 is 0 Å². The fourth-order valence-corrected chi connectivity index (χ4v) is 2.62. The van der Waals surface area contributed by atoms with Crippen LogP contribution >= 0.6 is 12.4 Å². The molecular formula is C18H39Cl. The summed E-state index contributed by atoms with van der Waals surface area (Å²) in [5, 5.41) is 0. The average Bonchev–Trinajstić information content (AvgIpc) is 2.39. The number of hydrogen-bond acceptors (Lipinski definition) is 0. The minimum absolute atomic E-state index is 0. The third-order valence-electron chi connectivity index (χ3n) is 3.96. The Labute approximate surface area is 129 Å². The second kappa shape index (κ2) is 20.6. The van der Waals surface area contributed by atoms with Gasteiger partial charge in [0.2, 0.25) is 0 Å². The average molecular weight is 291 g/mol. The highest BCUT2D eigenvalue weighted by molar-refractivity contribution is 5.85. The minimum Gasteiger partial charge on any atom is -0.147 e. The lowest BCUT2D eigenvalue weighted by atomic mass is 10.0. The second-order valence-corrected chi connectivity index (χ2v) is 5.95. The van der Waals surface area contributed by atoms with Gasteiger partial charge in [0.1, 0.15) is 0 Å². The maximum Gasteiger partial charge on any atom is -0.0533 e. The van der Waals surface area contributed by atoms with Crippen LogP contribution in [0, 0.1) is 0 Å². The monoisotopic (exact) mass is 290 g/mol. The Hall–Kier alpha value is 0.290. The van der Waals surface area contributed by atoms with Gasteiger partial charge in [-0.25, -0.2) is 0 Å².